The van der Waals surface area contributed by atoms with Crippen LogP contribution in [0.15, 0.2) is 11.6 Å². The zero-order chi connectivity index (χ0) is 10.5. The molecule has 0 aliphatic rings. The van der Waals surface area contributed by atoms with E-state index in [2.05, 4.69) is 4.74 Å². The Bertz CT molecular complexity index is 262. The van der Waals surface area contributed by atoms with Crippen LogP contribution in [0, 0.1) is 11.3 Å². The fourth-order valence-corrected chi connectivity index (χ4v) is 0.453. The van der Waals surface area contributed by atoms with Crippen LogP contribution in [0.1, 0.15) is 6.92 Å². The van der Waals surface area contributed by atoms with Crippen LogP contribution in [-0.2, 0) is 9.53 Å². The third kappa shape index (κ3) is 4.85. The number of hydrogen-bond acceptors (Lipinski definition) is 3. The van der Waals surface area contributed by atoms with E-state index in [-0.39, 0.29) is 0 Å². The lowest BCUT2D eigenvalue weighted by molar-refractivity contribution is -0.183. The fraction of sp³-hybridized carbons (Fsp3) is 0.429. The first-order chi connectivity index (χ1) is 5.90. The molecule has 0 aromatic heterocycles. The molecule has 0 aromatic carbocycles. The zero-order valence-electron chi connectivity index (χ0n) is 6.68. The number of rotatable bonds is 2. The molecule has 0 amide bonds. The molecule has 0 aromatic rings. The van der Waals surface area contributed by atoms with Gasteiger partial charge in [0, 0.05) is 0 Å². The van der Waals surface area contributed by atoms with Crippen molar-refractivity contribution >= 4 is 5.97 Å². The van der Waals surface area contributed by atoms with E-state index in [0.29, 0.717) is 0 Å². The highest BCUT2D eigenvalue weighted by molar-refractivity contribution is 5.92. The molecule has 0 saturated heterocycles. The summed E-state index contributed by atoms with van der Waals surface area (Å²) in [4.78, 5) is 10.6. The highest BCUT2D eigenvalue weighted by Crippen LogP contribution is 2.15. The Labute approximate surface area is 72.4 Å². The minimum Gasteiger partial charge on any atom is -0.452 e. The van der Waals surface area contributed by atoms with Gasteiger partial charge in [-0.3, -0.25) is 0 Å². The molecule has 0 radical (unpaired) electrons. The number of nitriles is 1. The Morgan fingerprint density at radius 1 is 1.62 bits per heavy atom. The first kappa shape index (κ1) is 11.5. The number of alkyl halides is 3. The van der Waals surface area contributed by atoms with E-state index in [1.54, 1.807) is 0 Å². The Balaban J connectivity index is 4.12. The molecule has 0 atom stereocenters. The van der Waals surface area contributed by atoms with E-state index in [1.807, 2.05) is 0 Å². The minimum absolute atomic E-state index is 0.441. The molecule has 3 nitrogen and oxygen atoms in total. The van der Waals surface area contributed by atoms with Gasteiger partial charge < -0.3 is 4.74 Å². The standard InChI is InChI=1S/C7H6F3NO2/c1-2-5(3-11)6(12)13-4-7(8,9)10/h2H,4H2,1H3/b5-2+. The fourth-order valence-electron chi connectivity index (χ4n) is 0.453. The first-order valence-corrected chi connectivity index (χ1v) is 3.21. The lowest BCUT2D eigenvalue weighted by Gasteiger charge is -2.06. The molecule has 0 heterocycles. The number of hydrogen-bond donors (Lipinski definition) is 0. The average molecular weight is 193 g/mol. The van der Waals surface area contributed by atoms with E-state index in [1.165, 1.54) is 13.0 Å². The van der Waals surface area contributed by atoms with Crippen LogP contribution in [-0.4, -0.2) is 18.8 Å². The number of ether oxygens (including phenoxy) is 1. The predicted octanol–water partition coefficient (Wildman–Crippen LogP) is 1.56. The molecular formula is C7H6F3NO2. The molecule has 0 saturated carbocycles. The van der Waals surface area contributed by atoms with Gasteiger partial charge in [0.1, 0.15) is 11.6 Å². The molecule has 0 aliphatic heterocycles. The van der Waals surface area contributed by atoms with Gasteiger partial charge in [-0.2, -0.15) is 18.4 Å². The minimum atomic E-state index is -4.57. The van der Waals surface area contributed by atoms with E-state index >= 15 is 0 Å². The van der Waals surface area contributed by atoms with Gasteiger partial charge in [0.25, 0.3) is 0 Å². The largest absolute Gasteiger partial charge is 0.452 e. The van der Waals surface area contributed by atoms with Crippen molar-refractivity contribution in [3.8, 4) is 6.07 Å². The third-order valence-corrected chi connectivity index (χ3v) is 0.996. The van der Waals surface area contributed by atoms with Crippen LogP contribution in [0.4, 0.5) is 13.2 Å². The van der Waals surface area contributed by atoms with Crippen LogP contribution in [0.5, 0.6) is 0 Å². The number of halogens is 3. The van der Waals surface area contributed by atoms with Crippen molar-refractivity contribution in [1.29, 1.82) is 5.26 Å². The van der Waals surface area contributed by atoms with Crippen LogP contribution in [0.3, 0.4) is 0 Å². The molecule has 0 fully saturated rings. The lowest BCUT2D eigenvalue weighted by atomic mass is 10.3. The number of carbonyl (C=O) groups is 1. The van der Waals surface area contributed by atoms with Crippen LogP contribution >= 0.6 is 0 Å². The van der Waals surface area contributed by atoms with Crippen molar-refractivity contribution in [3.63, 3.8) is 0 Å². The summed E-state index contributed by atoms with van der Waals surface area (Å²) >= 11 is 0. The second-order valence-electron chi connectivity index (χ2n) is 2.01. The van der Waals surface area contributed by atoms with E-state index in [9.17, 15) is 18.0 Å². The maximum atomic E-state index is 11.5. The maximum Gasteiger partial charge on any atom is 0.422 e. The summed E-state index contributed by atoms with van der Waals surface area (Å²) in [5.74, 6) is -1.26. The molecule has 0 rings (SSSR count). The molecule has 72 valence electrons. The highest BCUT2D eigenvalue weighted by Gasteiger charge is 2.30. The van der Waals surface area contributed by atoms with Crippen molar-refractivity contribution in [2.45, 2.75) is 13.1 Å². The molecule has 13 heavy (non-hydrogen) atoms. The van der Waals surface area contributed by atoms with Crippen LogP contribution < -0.4 is 0 Å². The monoisotopic (exact) mass is 193 g/mol. The number of allylic oxidation sites excluding steroid dienone is 1. The van der Waals surface area contributed by atoms with Gasteiger partial charge in [0.05, 0.1) is 0 Å². The van der Waals surface area contributed by atoms with Gasteiger partial charge in [0.15, 0.2) is 6.61 Å². The van der Waals surface area contributed by atoms with Gasteiger partial charge in [-0.25, -0.2) is 4.79 Å². The smallest absolute Gasteiger partial charge is 0.422 e. The highest BCUT2D eigenvalue weighted by atomic mass is 19.4. The Kier molecular flexibility index (Phi) is 3.98. The molecule has 0 spiro atoms. The van der Waals surface area contributed by atoms with Gasteiger partial charge in [-0.1, -0.05) is 6.08 Å². The molecule has 0 bridgehead atoms. The van der Waals surface area contributed by atoms with Crippen molar-refractivity contribution in [3.05, 3.63) is 11.6 Å². The zero-order valence-corrected chi connectivity index (χ0v) is 6.68. The Morgan fingerprint density at radius 2 is 2.15 bits per heavy atom. The van der Waals surface area contributed by atoms with E-state index in [0.717, 1.165) is 6.08 Å². The number of carbonyl (C=O) groups excluding carboxylic acids is 1. The van der Waals surface area contributed by atoms with Crippen LogP contribution in [0.2, 0.25) is 0 Å². The second kappa shape index (κ2) is 4.50. The topological polar surface area (TPSA) is 50.1 Å². The van der Waals surface area contributed by atoms with E-state index < -0.39 is 24.3 Å². The van der Waals surface area contributed by atoms with Crippen molar-refractivity contribution in [2.75, 3.05) is 6.61 Å². The van der Waals surface area contributed by atoms with Crippen LogP contribution in [0.25, 0.3) is 0 Å². The maximum absolute atomic E-state index is 11.5. The molecule has 6 heteroatoms. The Morgan fingerprint density at radius 3 is 2.46 bits per heavy atom. The summed E-state index contributed by atoms with van der Waals surface area (Å²) in [5.41, 5.74) is -0.441. The summed E-state index contributed by atoms with van der Waals surface area (Å²) in [6.07, 6.45) is -3.48. The molecular weight excluding hydrogens is 187 g/mol. The van der Waals surface area contributed by atoms with E-state index in [4.69, 9.17) is 5.26 Å². The number of nitrogens with zero attached hydrogens (tertiary/aromatic N) is 1. The molecule has 0 aliphatic carbocycles. The normalized spacial score (nSPS) is 12.1. The van der Waals surface area contributed by atoms with Crippen molar-refractivity contribution < 1.29 is 22.7 Å². The summed E-state index contributed by atoms with van der Waals surface area (Å²) < 4.78 is 38.3. The molecule has 0 unspecified atom stereocenters. The van der Waals surface area contributed by atoms with Gasteiger partial charge in [-0.15, -0.1) is 0 Å². The quantitative estimate of drug-likeness (QED) is 0.380. The van der Waals surface area contributed by atoms with Crippen molar-refractivity contribution in [1.82, 2.24) is 0 Å². The predicted molar refractivity (Wildman–Crippen MR) is 36.4 cm³/mol. The lowest BCUT2D eigenvalue weighted by Crippen LogP contribution is -2.20. The second-order valence-corrected chi connectivity index (χ2v) is 2.01. The summed E-state index contributed by atoms with van der Waals surface area (Å²) in [6, 6.07) is 1.41. The summed E-state index contributed by atoms with van der Waals surface area (Å²) in [7, 11) is 0. The summed E-state index contributed by atoms with van der Waals surface area (Å²) in [5, 5.41) is 8.23. The van der Waals surface area contributed by atoms with Gasteiger partial charge >= 0.3 is 12.1 Å². The molecule has 0 N–H and O–H groups in total. The third-order valence-electron chi connectivity index (χ3n) is 0.996. The van der Waals surface area contributed by atoms with Crippen molar-refractivity contribution in [2.24, 2.45) is 0 Å². The van der Waals surface area contributed by atoms with Gasteiger partial charge in [-0.05, 0) is 6.92 Å². The first-order valence-electron chi connectivity index (χ1n) is 3.21. The summed E-state index contributed by atoms with van der Waals surface area (Å²) in [6.45, 7) is -0.321. The SMILES string of the molecule is C/C=C(\C#N)C(=O)OCC(F)(F)F. The number of esters is 1. The average Bonchev–Trinajstić information content (AvgIpc) is 2.02. The Hall–Kier alpha value is -1.51. The van der Waals surface area contributed by atoms with Gasteiger partial charge in [0.2, 0.25) is 0 Å².